The Hall–Kier alpha value is -2.21. The van der Waals surface area contributed by atoms with Crippen LogP contribution in [0.2, 0.25) is 0 Å². The second-order valence-corrected chi connectivity index (χ2v) is 8.17. The molecule has 0 radical (unpaired) electrons. The number of aryl methyl sites for hydroxylation is 2. The highest BCUT2D eigenvalue weighted by atomic mass is 32.2. The van der Waals surface area contributed by atoms with E-state index in [2.05, 4.69) is 9.97 Å². The van der Waals surface area contributed by atoms with Crippen LogP contribution in [0.1, 0.15) is 42.5 Å². The van der Waals surface area contributed by atoms with Crippen molar-refractivity contribution < 1.29 is 8.42 Å². The first-order valence-corrected chi connectivity index (χ1v) is 9.63. The van der Waals surface area contributed by atoms with Crippen molar-refractivity contribution in [1.82, 2.24) is 13.9 Å². The molecule has 0 saturated heterocycles. The number of rotatable bonds is 4. The van der Waals surface area contributed by atoms with E-state index in [1.165, 1.54) is 10.3 Å². The lowest BCUT2D eigenvalue weighted by Gasteiger charge is -2.07. The van der Waals surface area contributed by atoms with E-state index in [9.17, 15) is 8.42 Å². The summed E-state index contributed by atoms with van der Waals surface area (Å²) in [5.74, 6) is 0.443. The van der Waals surface area contributed by atoms with Gasteiger partial charge in [0.05, 0.1) is 10.6 Å². The molecule has 2 heterocycles. The van der Waals surface area contributed by atoms with Crippen molar-refractivity contribution in [3.63, 3.8) is 0 Å². The van der Waals surface area contributed by atoms with E-state index >= 15 is 0 Å². The summed E-state index contributed by atoms with van der Waals surface area (Å²) >= 11 is 0. The van der Waals surface area contributed by atoms with Crippen LogP contribution >= 0.6 is 0 Å². The monoisotopic (exact) mass is 341 g/mol. The van der Waals surface area contributed by atoms with Crippen LogP contribution in [-0.4, -0.2) is 22.4 Å². The Morgan fingerprint density at radius 1 is 1.17 bits per heavy atom. The third-order valence-electron chi connectivity index (χ3n) is 4.58. The second-order valence-electron chi connectivity index (χ2n) is 6.35. The summed E-state index contributed by atoms with van der Waals surface area (Å²) in [6.07, 6.45) is 6.17. The molecular formula is C18H19N3O2S. The summed E-state index contributed by atoms with van der Waals surface area (Å²) < 4.78 is 27.5. The summed E-state index contributed by atoms with van der Waals surface area (Å²) in [5.41, 5.74) is 3.50. The first-order chi connectivity index (χ1) is 11.5. The average Bonchev–Trinajstić information content (AvgIpc) is 3.34. The predicted octanol–water partition coefficient (Wildman–Crippen LogP) is 3.42. The van der Waals surface area contributed by atoms with Crippen molar-refractivity contribution in [2.45, 2.75) is 43.9 Å². The maximum absolute atomic E-state index is 13.1. The van der Waals surface area contributed by atoms with E-state index in [1.54, 1.807) is 18.3 Å². The number of fused-ring (bicyclic) bond motifs is 1. The normalized spacial score (nSPS) is 15.1. The number of nitrogens with zero attached hydrogens (tertiary/aromatic N) is 3. The summed E-state index contributed by atoms with van der Waals surface area (Å²) in [6.45, 7) is 3.97. The van der Waals surface area contributed by atoms with Gasteiger partial charge in [0.1, 0.15) is 6.33 Å². The molecule has 1 saturated carbocycles. The topological polar surface area (TPSA) is 64.8 Å². The van der Waals surface area contributed by atoms with E-state index in [1.807, 2.05) is 26.0 Å². The summed E-state index contributed by atoms with van der Waals surface area (Å²) in [7, 11) is -3.67. The Morgan fingerprint density at radius 3 is 2.50 bits per heavy atom. The van der Waals surface area contributed by atoms with Gasteiger partial charge < -0.3 is 0 Å². The van der Waals surface area contributed by atoms with Gasteiger partial charge in [-0.1, -0.05) is 24.6 Å². The zero-order chi connectivity index (χ0) is 16.9. The van der Waals surface area contributed by atoms with Crippen molar-refractivity contribution in [2.24, 2.45) is 0 Å². The van der Waals surface area contributed by atoms with Crippen LogP contribution < -0.4 is 0 Å². The number of hydrogen-bond acceptors (Lipinski definition) is 4. The molecule has 0 amide bonds. The fourth-order valence-corrected chi connectivity index (χ4v) is 4.41. The maximum atomic E-state index is 13.1. The molecule has 2 aromatic heterocycles. The molecule has 0 N–H and O–H groups in total. The lowest BCUT2D eigenvalue weighted by atomic mass is 10.1. The predicted molar refractivity (Wildman–Crippen MR) is 92.6 cm³/mol. The number of aromatic nitrogens is 3. The molecule has 1 aliphatic rings. The quantitative estimate of drug-likeness (QED) is 0.729. The van der Waals surface area contributed by atoms with E-state index in [0.29, 0.717) is 11.6 Å². The van der Waals surface area contributed by atoms with E-state index in [0.717, 1.165) is 41.5 Å². The van der Waals surface area contributed by atoms with E-state index in [4.69, 9.17) is 0 Å². The van der Waals surface area contributed by atoms with Crippen molar-refractivity contribution >= 4 is 21.1 Å². The Balaban J connectivity index is 1.97. The largest absolute Gasteiger partial charge is 0.269 e. The Morgan fingerprint density at radius 2 is 1.88 bits per heavy atom. The van der Waals surface area contributed by atoms with Crippen LogP contribution in [0.3, 0.4) is 0 Å². The molecule has 0 spiro atoms. The second kappa shape index (κ2) is 5.41. The zero-order valence-corrected chi connectivity index (χ0v) is 14.5. The minimum Gasteiger partial charge on any atom is -0.240 e. The van der Waals surface area contributed by atoms with Gasteiger partial charge >= 0.3 is 0 Å². The highest BCUT2D eigenvalue weighted by Crippen LogP contribution is 2.43. The third kappa shape index (κ3) is 2.33. The molecule has 1 fully saturated rings. The summed E-state index contributed by atoms with van der Waals surface area (Å²) in [5, 5.41) is 0.915. The van der Waals surface area contributed by atoms with Gasteiger partial charge in [-0.15, -0.1) is 0 Å². The van der Waals surface area contributed by atoms with Gasteiger partial charge in [-0.05, 0) is 43.9 Å². The SMILES string of the molecule is CCc1cn(S(=O)(=O)c2ccc(C)cc2)c2ncnc(C3CC3)c12. The Bertz CT molecular complexity index is 1020. The highest BCUT2D eigenvalue weighted by molar-refractivity contribution is 7.90. The van der Waals surface area contributed by atoms with Crippen LogP contribution in [0, 0.1) is 6.92 Å². The van der Waals surface area contributed by atoms with Gasteiger partial charge in [0.2, 0.25) is 0 Å². The van der Waals surface area contributed by atoms with Crippen LogP contribution in [0.5, 0.6) is 0 Å². The average molecular weight is 341 g/mol. The molecule has 6 heteroatoms. The molecule has 0 bridgehead atoms. The standard InChI is InChI=1S/C18H19N3O2S/c1-3-13-10-21(24(22,23)15-8-4-12(2)5-9-15)18-16(13)17(14-6-7-14)19-11-20-18/h4-5,8-11,14H,3,6-7H2,1-2H3. The number of hydrogen-bond donors (Lipinski definition) is 0. The van der Waals surface area contributed by atoms with E-state index in [-0.39, 0.29) is 4.90 Å². The first-order valence-electron chi connectivity index (χ1n) is 8.19. The Kier molecular flexibility index (Phi) is 3.46. The van der Waals surface area contributed by atoms with Gasteiger partial charge in [0.25, 0.3) is 10.0 Å². The van der Waals surface area contributed by atoms with Crippen LogP contribution in [0.15, 0.2) is 41.7 Å². The molecule has 0 aliphatic heterocycles. The fourth-order valence-electron chi connectivity index (χ4n) is 3.07. The number of benzene rings is 1. The lowest BCUT2D eigenvalue weighted by Crippen LogP contribution is -2.12. The molecule has 24 heavy (non-hydrogen) atoms. The lowest BCUT2D eigenvalue weighted by molar-refractivity contribution is 0.588. The van der Waals surface area contributed by atoms with Gasteiger partial charge in [0, 0.05) is 17.5 Å². The molecule has 4 rings (SSSR count). The van der Waals surface area contributed by atoms with Crippen molar-refractivity contribution in [1.29, 1.82) is 0 Å². The Labute approximate surface area is 141 Å². The molecular weight excluding hydrogens is 322 g/mol. The van der Waals surface area contributed by atoms with Gasteiger partial charge in [-0.25, -0.2) is 22.4 Å². The third-order valence-corrected chi connectivity index (χ3v) is 6.25. The van der Waals surface area contributed by atoms with Crippen molar-refractivity contribution in [3.05, 3.63) is 53.6 Å². The molecule has 5 nitrogen and oxygen atoms in total. The van der Waals surface area contributed by atoms with Crippen LogP contribution in [-0.2, 0) is 16.4 Å². The summed E-state index contributed by atoms with van der Waals surface area (Å²) in [6, 6.07) is 6.91. The van der Waals surface area contributed by atoms with Crippen LogP contribution in [0.4, 0.5) is 0 Å². The minimum atomic E-state index is -3.67. The maximum Gasteiger partial charge on any atom is 0.269 e. The van der Waals surface area contributed by atoms with Crippen molar-refractivity contribution in [3.8, 4) is 0 Å². The molecule has 3 aromatic rings. The minimum absolute atomic E-state index is 0.277. The summed E-state index contributed by atoms with van der Waals surface area (Å²) in [4.78, 5) is 9.02. The fraction of sp³-hybridized carbons (Fsp3) is 0.333. The molecule has 124 valence electrons. The van der Waals surface area contributed by atoms with Crippen molar-refractivity contribution in [2.75, 3.05) is 0 Å². The van der Waals surface area contributed by atoms with Crippen LogP contribution in [0.25, 0.3) is 11.0 Å². The van der Waals surface area contributed by atoms with Gasteiger partial charge in [-0.3, -0.25) is 0 Å². The van der Waals surface area contributed by atoms with E-state index < -0.39 is 10.0 Å². The molecule has 0 atom stereocenters. The first kappa shape index (κ1) is 15.3. The highest BCUT2D eigenvalue weighted by Gasteiger charge is 2.30. The molecule has 0 unspecified atom stereocenters. The van der Waals surface area contributed by atoms with Gasteiger partial charge in [-0.2, -0.15) is 0 Å². The molecule has 1 aliphatic carbocycles. The smallest absolute Gasteiger partial charge is 0.240 e. The molecule has 1 aromatic carbocycles. The zero-order valence-electron chi connectivity index (χ0n) is 13.7. The van der Waals surface area contributed by atoms with Gasteiger partial charge in [0.15, 0.2) is 5.65 Å².